The summed E-state index contributed by atoms with van der Waals surface area (Å²) < 4.78 is 5.49. The van der Waals surface area contributed by atoms with Gasteiger partial charge in [0, 0.05) is 31.9 Å². The number of urea groups is 1. The molecule has 4 rings (SSSR count). The van der Waals surface area contributed by atoms with Crippen molar-refractivity contribution in [1.29, 1.82) is 0 Å². The number of nitrogens with one attached hydrogen (secondary N) is 2. The van der Waals surface area contributed by atoms with Gasteiger partial charge in [-0.1, -0.05) is 19.4 Å². The van der Waals surface area contributed by atoms with E-state index in [4.69, 9.17) is 4.74 Å². The molecule has 1 aromatic carbocycles. The number of aliphatic hydroxyl groups is 1. The highest BCUT2D eigenvalue weighted by Gasteiger charge is 2.26. The largest absolute Gasteiger partial charge is 0.381 e. The Balaban J connectivity index is 1.64. The number of carbonyl (C=O) groups is 2. The Morgan fingerprint density at radius 3 is 2.56 bits per heavy atom. The molecule has 1 aromatic heterocycles. The highest BCUT2D eigenvalue weighted by molar-refractivity contribution is 5.96. The molecule has 2 fully saturated rings. The molecule has 0 spiro atoms. The molecular formula is C27H37N5O4. The van der Waals surface area contributed by atoms with Crippen LogP contribution in [0.15, 0.2) is 30.3 Å². The predicted octanol–water partition coefficient (Wildman–Crippen LogP) is 3.87. The van der Waals surface area contributed by atoms with E-state index in [1.165, 1.54) is 13.8 Å². The van der Waals surface area contributed by atoms with Gasteiger partial charge in [-0.3, -0.25) is 4.79 Å². The summed E-state index contributed by atoms with van der Waals surface area (Å²) in [5, 5.41) is 15.9. The zero-order valence-electron chi connectivity index (χ0n) is 21.6. The summed E-state index contributed by atoms with van der Waals surface area (Å²) in [5.41, 5.74) is 1.99. The molecule has 36 heavy (non-hydrogen) atoms. The molecule has 3 amide bonds. The van der Waals surface area contributed by atoms with Crippen molar-refractivity contribution in [2.24, 2.45) is 5.92 Å². The third kappa shape index (κ3) is 6.14. The molecule has 194 valence electrons. The summed E-state index contributed by atoms with van der Waals surface area (Å²) in [7, 11) is 0. The van der Waals surface area contributed by atoms with Crippen LogP contribution in [-0.4, -0.2) is 71.9 Å². The lowest BCUT2D eigenvalue weighted by atomic mass is 10.00. The Morgan fingerprint density at radius 1 is 1.14 bits per heavy atom. The minimum atomic E-state index is -1.54. The normalized spacial score (nSPS) is 18.3. The molecule has 2 aliphatic heterocycles. The van der Waals surface area contributed by atoms with Crippen molar-refractivity contribution in [3.05, 3.63) is 35.9 Å². The number of morpholine rings is 1. The number of benzene rings is 1. The van der Waals surface area contributed by atoms with Gasteiger partial charge in [0.2, 0.25) is 0 Å². The van der Waals surface area contributed by atoms with Crippen LogP contribution in [-0.2, 0) is 9.53 Å². The second-order valence-corrected chi connectivity index (χ2v) is 10.2. The maximum atomic E-state index is 12.9. The van der Waals surface area contributed by atoms with Crippen LogP contribution in [0.3, 0.4) is 0 Å². The molecule has 2 saturated heterocycles. The molecular weight excluding hydrogens is 458 g/mol. The zero-order valence-corrected chi connectivity index (χ0v) is 21.6. The first-order valence-electron chi connectivity index (χ1n) is 12.7. The minimum absolute atomic E-state index is 0.0809. The minimum Gasteiger partial charge on any atom is -0.381 e. The number of nitrogens with zero attached hydrogens (tertiary/aromatic N) is 3. The van der Waals surface area contributed by atoms with Crippen molar-refractivity contribution in [1.82, 2.24) is 9.88 Å². The first kappa shape index (κ1) is 25.9. The number of aryl methyl sites for hydroxylation is 1. The maximum Gasteiger partial charge on any atom is 0.321 e. The van der Waals surface area contributed by atoms with Crippen molar-refractivity contribution in [3.8, 4) is 11.1 Å². The van der Waals surface area contributed by atoms with Gasteiger partial charge in [0.05, 0.1) is 13.2 Å². The van der Waals surface area contributed by atoms with E-state index in [1.807, 2.05) is 36.1 Å². The fourth-order valence-corrected chi connectivity index (χ4v) is 4.52. The number of hydrogen-bond acceptors (Lipinski definition) is 6. The molecule has 3 N–H and O–H groups in total. The predicted molar refractivity (Wildman–Crippen MR) is 141 cm³/mol. The van der Waals surface area contributed by atoms with Crippen LogP contribution in [0.5, 0.6) is 0 Å². The molecule has 0 aliphatic carbocycles. The fraction of sp³-hybridized carbons (Fsp3) is 0.519. The molecule has 0 bridgehead atoms. The van der Waals surface area contributed by atoms with Crippen LogP contribution in [0.25, 0.3) is 11.1 Å². The van der Waals surface area contributed by atoms with E-state index < -0.39 is 11.5 Å². The Morgan fingerprint density at radius 2 is 1.89 bits per heavy atom. The number of pyridine rings is 1. The van der Waals surface area contributed by atoms with Gasteiger partial charge in [-0.2, -0.15) is 0 Å². The summed E-state index contributed by atoms with van der Waals surface area (Å²) >= 11 is 0. The Kier molecular flexibility index (Phi) is 7.80. The molecule has 0 radical (unpaired) electrons. The number of hydrogen-bond donors (Lipinski definition) is 3. The van der Waals surface area contributed by atoms with Gasteiger partial charge in [0.1, 0.15) is 17.2 Å². The monoisotopic (exact) mass is 495 g/mol. The van der Waals surface area contributed by atoms with Crippen molar-refractivity contribution in [2.75, 3.05) is 54.9 Å². The summed E-state index contributed by atoms with van der Waals surface area (Å²) in [6.45, 7) is 11.2. The van der Waals surface area contributed by atoms with Gasteiger partial charge in [-0.25, -0.2) is 9.78 Å². The highest BCUT2D eigenvalue weighted by Crippen LogP contribution is 2.32. The Bertz CT molecular complexity index is 1110. The Labute approximate surface area is 212 Å². The number of aromatic nitrogens is 1. The third-order valence-electron chi connectivity index (χ3n) is 6.89. The van der Waals surface area contributed by atoms with Crippen LogP contribution >= 0.6 is 0 Å². The van der Waals surface area contributed by atoms with E-state index in [9.17, 15) is 14.7 Å². The van der Waals surface area contributed by atoms with E-state index >= 15 is 0 Å². The van der Waals surface area contributed by atoms with Gasteiger partial charge in [-0.05, 0) is 74.1 Å². The van der Waals surface area contributed by atoms with Crippen molar-refractivity contribution < 1.29 is 19.4 Å². The third-order valence-corrected chi connectivity index (χ3v) is 6.89. The van der Waals surface area contributed by atoms with Crippen LogP contribution in [0.4, 0.5) is 22.1 Å². The van der Waals surface area contributed by atoms with Gasteiger partial charge in [0.25, 0.3) is 5.91 Å². The lowest BCUT2D eigenvalue weighted by Gasteiger charge is -2.29. The lowest BCUT2D eigenvalue weighted by molar-refractivity contribution is -0.130. The number of amides is 3. The summed E-state index contributed by atoms with van der Waals surface area (Å²) in [6, 6.07) is 9.56. The number of anilines is 3. The van der Waals surface area contributed by atoms with Crippen LogP contribution in [0.2, 0.25) is 0 Å². The number of rotatable bonds is 6. The molecule has 9 nitrogen and oxygen atoms in total. The summed E-state index contributed by atoms with van der Waals surface area (Å²) in [4.78, 5) is 34.0. The molecule has 3 heterocycles. The van der Waals surface area contributed by atoms with E-state index in [-0.39, 0.29) is 6.03 Å². The summed E-state index contributed by atoms with van der Waals surface area (Å²) in [6.07, 6.45) is 2.13. The lowest BCUT2D eigenvalue weighted by Crippen LogP contribution is -2.38. The first-order chi connectivity index (χ1) is 17.1. The maximum absolute atomic E-state index is 12.9. The van der Waals surface area contributed by atoms with Gasteiger partial charge in [-0.15, -0.1) is 0 Å². The Hall–Kier alpha value is -3.17. The summed E-state index contributed by atoms with van der Waals surface area (Å²) in [5.74, 6) is 1.11. The van der Waals surface area contributed by atoms with Gasteiger partial charge < -0.3 is 30.3 Å². The highest BCUT2D eigenvalue weighted by atomic mass is 16.5. The SMILES string of the molecule is CC[C@@H]1CCN(C(=O)Nc2ccc(C)c(-c3cc(NC(=O)C(C)(C)O)nc(N4CCOCC4)c3)c2)C1. The topological polar surface area (TPSA) is 107 Å². The second kappa shape index (κ2) is 10.8. The molecule has 9 heteroatoms. The number of carbonyl (C=O) groups excluding carboxylic acids is 2. The van der Waals surface area contributed by atoms with Gasteiger partial charge >= 0.3 is 6.03 Å². The molecule has 1 atom stereocenters. The van der Waals surface area contributed by atoms with E-state index in [1.54, 1.807) is 6.07 Å². The van der Waals surface area contributed by atoms with Gasteiger partial charge in [0.15, 0.2) is 0 Å². The molecule has 0 unspecified atom stereocenters. The molecule has 0 saturated carbocycles. The van der Waals surface area contributed by atoms with Crippen LogP contribution < -0.4 is 15.5 Å². The fourth-order valence-electron chi connectivity index (χ4n) is 4.52. The average molecular weight is 496 g/mol. The standard InChI is InChI=1S/C27H37N5O4/c1-5-19-8-9-32(17-19)26(34)28-21-7-6-18(2)22(16-21)20-14-23(30-25(33)27(3,4)35)29-24(15-20)31-10-12-36-13-11-31/h6-7,14-16,19,35H,5,8-13,17H2,1-4H3,(H,28,34)(H,29,30,33)/t19-/m1/s1. The van der Waals surface area contributed by atoms with Crippen molar-refractivity contribution >= 4 is 29.3 Å². The smallest absolute Gasteiger partial charge is 0.321 e. The van der Waals surface area contributed by atoms with E-state index in [0.717, 1.165) is 48.4 Å². The molecule has 2 aliphatic rings. The zero-order chi connectivity index (χ0) is 25.9. The first-order valence-corrected chi connectivity index (χ1v) is 12.7. The molecule has 2 aromatic rings. The second-order valence-electron chi connectivity index (χ2n) is 10.2. The quantitative estimate of drug-likeness (QED) is 0.562. The average Bonchev–Trinajstić information content (AvgIpc) is 3.35. The number of likely N-dealkylation sites (tertiary alicyclic amines) is 1. The van der Waals surface area contributed by atoms with E-state index in [0.29, 0.717) is 43.7 Å². The van der Waals surface area contributed by atoms with Crippen molar-refractivity contribution in [3.63, 3.8) is 0 Å². The van der Waals surface area contributed by atoms with Crippen molar-refractivity contribution in [2.45, 2.75) is 46.1 Å². The number of ether oxygens (including phenoxy) is 1. The van der Waals surface area contributed by atoms with E-state index in [2.05, 4.69) is 27.4 Å². The van der Waals surface area contributed by atoms with Crippen LogP contribution in [0, 0.1) is 12.8 Å². The van der Waals surface area contributed by atoms with Crippen LogP contribution in [0.1, 0.15) is 39.2 Å².